The fourth-order valence-corrected chi connectivity index (χ4v) is 3.95. The first-order valence-corrected chi connectivity index (χ1v) is 8.75. The SMILES string of the molecule is COc1ccc2c(c1)Oc1cc(N)ccc1C21OC(=O)c2ccc(OC)cc21. The van der Waals surface area contributed by atoms with Crippen molar-refractivity contribution in [3.8, 4) is 23.0 Å². The van der Waals surface area contributed by atoms with Crippen molar-refractivity contribution in [2.45, 2.75) is 5.60 Å². The smallest absolute Gasteiger partial charge is 0.340 e. The molecule has 1 atom stereocenters. The monoisotopic (exact) mass is 375 g/mol. The van der Waals surface area contributed by atoms with Crippen molar-refractivity contribution in [2.24, 2.45) is 0 Å². The minimum absolute atomic E-state index is 0.399. The van der Waals surface area contributed by atoms with E-state index in [2.05, 4.69) is 0 Å². The van der Waals surface area contributed by atoms with E-state index in [4.69, 9.17) is 24.7 Å². The van der Waals surface area contributed by atoms with Crippen LogP contribution in [-0.4, -0.2) is 20.2 Å². The molecule has 0 aromatic heterocycles. The molecule has 0 amide bonds. The number of benzene rings is 3. The van der Waals surface area contributed by atoms with E-state index < -0.39 is 11.6 Å². The molecule has 0 saturated carbocycles. The van der Waals surface area contributed by atoms with Crippen LogP contribution in [0.25, 0.3) is 0 Å². The predicted molar refractivity (Wildman–Crippen MR) is 102 cm³/mol. The number of rotatable bonds is 2. The zero-order chi connectivity index (χ0) is 19.5. The van der Waals surface area contributed by atoms with Crippen molar-refractivity contribution in [3.05, 3.63) is 76.9 Å². The zero-order valence-electron chi connectivity index (χ0n) is 15.3. The van der Waals surface area contributed by atoms with Crippen LogP contribution in [0, 0.1) is 0 Å². The summed E-state index contributed by atoms with van der Waals surface area (Å²) in [5.74, 6) is 1.95. The van der Waals surface area contributed by atoms with E-state index in [0.717, 1.165) is 0 Å². The number of nitrogen functional groups attached to an aromatic ring is 1. The maximum absolute atomic E-state index is 12.8. The van der Waals surface area contributed by atoms with Crippen molar-refractivity contribution in [1.82, 2.24) is 0 Å². The third-order valence-corrected chi connectivity index (χ3v) is 5.24. The number of hydrogen-bond acceptors (Lipinski definition) is 6. The molecule has 0 bridgehead atoms. The number of carbonyl (C=O) groups excluding carboxylic acids is 1. The Morgan fingerprint density at radius 3 is 2.21 bits per heavy atom. The van der Waals surface area contributed by atoms with Crippen molar-refractivity contribution >= 4 is 11.7 Å². The summed E-state index contributed by atoms with van der Waals surface area (Å²) >= 11 is 0. The summed E-state index contributed by atoms with van der Waals surface area (Å²) in [6.45, 7) is 0. The van der Waals surface area contributed by atoms with E-state index in [1.54, 1.807) is 44.6 Å². The zero-order valence-corrected chi connectivity index (χ0v) is 15.3. The lowest BCUT2D eigenvalue weighted by molar-refractivity contribution is 0.0224. The van der Waals surface area contributed by atoms with Gasteiger partial charge in [-0.3, -0.25) is 0 Å². The largest absolute Gasteiger partial charge is 0.497 e. The molecule has 140 valence electrons. The maximum Gasteiger partial charge on any atom is 0.340 e. The average Bonchev–Trinajstić information content (AvgIpc) is 3.00. The molecule has 0 saturated heterocycles. The minimum atomic E-state index is -1.15. The molecule has 2 heterocycles. The molecule has 1 spiro atoms. The molecule has 0 radical (unpaired) electrons. The fraction of sp³-hybridized carbons (Fsp3) is 0.136. The van der Waals surface area contributed by atoms with Crippen LogP contribution >= 0.6 is 0 Å². The Labute approximate surface area is 161 Å². The molecule has 2 N–H and O–H groups in total. The van der Waals surface area contributed by atoms with Crippen molar-refractivity contribution in [3.63, 3.8) is 0 Å². The van der Waals surface area contributed by atoms with E-state index >= 15 is 0 Å². The van der Waals surface area contributed by atoms with E-state index in [1.807, 2.05) is 24.3 Å². The highest BCUT2D eigenvalue weighted by Gasteiger charge is 2.53. The summed E-state index contributed by atoms with van der Waals surface area (Å²) < 4.78 is 22.9. The highest BCUT2D eigenvalue weighted by atomic mass is 16.6. The molecule has 6 nitrogen and oxygen atoms in total. The Bertz CT molecular complexity index is 1140. The summed E-state index contributed by atoms with van der Waals surface area (Å²) in [5.41, 5.74) is 8.00. The summed E-state index contributed by atoms with van der Waals surface area (Å²) in [7, 11) is 3.17. The van der Waals surface area contributed by atoms with Crippen LogP contribution in [0.2, 0.25) is 0 Å². The van der Waals surface area contributed by atoms with Gasteiger partial charge in [-0.25, -0.2) is 4.79 Å². The normalized spacial score (nSPS) is 18.6. The molecule has 0 aliphatic carbocycles. The van der Waals surface area contributed by atoms with Crippen LogP contribution in [0.4, 0.5) is 5.69 Å². The Balaban J connectivity index is 1.87. The molecule has 5 rings (SSSR count). The van der Waals surface area contributed by atoms with Gasteiger partial charge in [-0.15, -0.1) is 0 Å². The van der Waals surface area contributed by atoms with Gasteiger partial charge < -0.3 is 24.7 Å². The average molecular weight is 375 g/mol. The Morgan fingerprint density at radius 1 is 0.821 bits per heavy atom. The Kier molecular flexibility index (Phi) is 3.34. The summed E-state index contributed by atoms with van der Waals surface area (Å²) in [6, 6.07) is 16.1. The maximum atomic E-state index is 12.8. The highest BCUT2D eigenvalue weighted by Crippen LogP contribution is 2.57. The van der Waals surface area contributed by atoms with E-state index in [1.165, 1.54) is 0 Å². The Morgan fingerprint density at radius 2 is 1.46 bits per heavy atom. The molecule has 3 aromatic rings. The first kappa shape index (κ1) is 16.5. The van der Waals surface area contributed by atoms with Crippen LogP contribution in [0.3, 0.4) is 0 Å². The second kappa shape index (κ2) is 5.66. The van der Waals surface area contributed by atoms with Gasteiger partial charge in [-0.2, -0.15) is 0 Å². The van der Waals surface area contributed by atoms with Crippen molar-refractivity contribution in [2.75, 3.05) is 20.0 Å². The fourth-order valence-electron chi connectivity index (χ4n) is 3.95. The van der Waals surface area contributed by atoms with Gasteiger partial charge in [0.1, 0.15) is 23.0 Å². The summed E-state index contributed by atoms with van der Waals surface area (Å²) in [6.07, 6.45) is 0. The Hall–Kier alpha value is -3.67. The molecular weight excluding hydrogens is 358 g/mol. The van der Waals surface area contributed by atoms with Crippen molar-refractivity contribution in [1.29, 1.82) is 0 Å². The topological polar surface area (TPSA) is 80.0 Å². The predicted octanol–water partition coefficient (Wildman–Crippen LogP) is 3.85. The van der Waals surface area contributed by atoms with Gasteiger partial charge in [0, 0.05) is 34.5 Å². The number of nitrogens with two attached hydrogens (primary N) is 1. The first-order valence-electron chi connectivity index (χ1n) is 8.75. The van der Waals surface area contributed by atoms with Gasteiger partial charge >= 0.3 is 5.97 Å². The third-order valence-electron chi connectivity index (χ3n) is 5.24. The van der Waals surface area contributed by atoms with Gasteiger partial charge in [0.15, 0.2) is 5.60 Å². The molecule has 6 heteroatoms. The number of methoxy groups -OCH3 is 2. The number of hydrogen-bond donors (Lipinski definition) is 1. The van der Waals surface area contributed by atoms with Crippen LogP contribution in [0.1, 0.15) is 27.0 Å². The molecule has 1 unspecified atom stereocenters. The first-order chi connectivity index (χ1) is 13.6. The van der Waals surface area contributed by atoms with Gasteiger partial charge in [-0.05, 0) is 42.5 Å². The van der Waals surface area contributed by atoms with E-state index in [-0.39, 0.29) is 0 Å². The number of ether oxygens (including phenoxy) is 4. The standard InChI is InChI=1S/C22H17NO5/c1-25-13-4-6-15-18(10-13)22(28-21(15)24)16-7-3-12(23)9-19(16)27-20-11-14(26-2)5-8-17(20)22/h3-11H,23H2,1-2H3. The third kappa shape index (κ3) is 2.05. The van der Waals surface area contributed by atoms with Crippen LogP contribution in [0.15, 0.2) is 54.6 Å². The number of anilines is 1. The van der Waals surface area contributed by atoms with Gasteiger partial charge in [0.25, 0.3) is 0 Å². The molecule has 3 aromatic carbocycles. The summed E-state index contributed by atoms with van der Waals surface area (Å²) in [4.78, 5) is 12.8. The van der Waals surface area contributed by atoms with E-state index in [0.29, 0.717) is 50.9 Å². The van der Waals surface area contributed by atoms with Gasteiger partial charge in [-0.1, -0.05) is 0 Å². The van der Waals surface area contributed by atoms with Crippen LogP contribution in [-0.2, 0) is 10.3 Å². The minimum Gasteiger partial charge on any atom is -0.497 e. The molecular formula is C22H17NO5. The lowest BCUT2D eigenvalue weighted by Gasteiger charge is -2.36. The van der Waals surface area contributed by atoms with Crippen molar-refractivity contribution < 1.29 is 23.7 Å². The van der Waals surface area contributed by atoms with E-state index in [9.17, 15) is 4.79 Å². The molecule has 2 aliphatic rings. The summed E-state index contributed by atoms with van der Waals surface area (Å²) in [5, 5.41) is 0. The lowest BCUT2D eigenvalue weighted by atomic mass is 9.77. The second-order valence-electron chi connectivity index (χ2n) is 6.70. The molecule has 0 fully saturated rings. The quantitative estimate of drug-likeness (QED) is 0.541. The van der Waals surface area contributed by atoms with Gasteiger partial charge in [0.05, 0.1) is 19.8 Å². The van der Waals surface area contributed by atoms with Crippen LogP contribution < -0.4 is 19.9 Å². The van der Waals surface area contributed by atoms with Gasteiger partial charge in [0.2, 0.25) is 0 Å². The molecule has 28 heavy (non-hydrogen) atoms. The second-order valence-corrected chi connectivity index (χ2v) is 6.70. The van der Waals surface area contributed by atoms with Crippen LogP contribution in [0.5, 0.6) is 23.0 Å². The molecule has 2 aliphatic heterocycles. The number of fused-ring (bicyclic) bond motifs is 6. The lowest BCUT2D eigenvalue weighted by Crippen LogP contribution is -2.33. The highest BCUT2D eigenvalue weighted by molar-refractivity contribution is 5.97. The number of carbonyl (C=O) groups is 1. The number of esters is 1.